The number of rotatable bonds is 7. The molecule has 0 fully saturated rings. The van der Waals surface area contributed by atoms with Gasteiger partial charge in [0.2, 0.25) is 0 Å². The molecule has 0 radical (unpaired) electrons. The van der Waals surface area contributed by atoms with Crippen LogP contribution >= 0.6 is 11.3 Å². The van der Waals surface area contributed by atoms with Crippen molar-refractivity contribution in [3.63, 3.8) is 0 Å². The molecular weight excluding hydrogens is 372 g/mol. The molecule has 2 N–H and O–H groups in total. The van der Waals surface area contributed by atoms with E-state index in [2.05, 4.69) is 31.8 Å². The predicted octanol–water partition coefficient (Wildman–Crippen LogP) is 3.51. The highest BCUT2D eigenvalue weighted by molar-refractivity contribution is 7.21. The van der Waals surface area contributed by atoms with Crippen molar-refractivity contribution in [2.75, 3.05) is 13.6 Å². The van der Waals surface area contributed by atoms with E-state index in [1.807, 2.05) is 47.3 Å². The van der Waals surface area contributed by atoms with E-state index >= 15 is 0 Å². The molecule has 3 aromatic heterocycles. The minimum atomic E-state index is 0.559. The number of benzene rings is 1. The molecule has 0 aliphatic rings. The molecule has 4 rings (SSSR count). The van der Waals surface area contributed by atoms with Crippen LogP contribution in [0.25, 0.3) is 21.0 Å². The van der Waals surface area contributed by atoms with Crippen molar-refractivity contribution in [1.29, 1.82) is 0 Å². The molecule has 0 saturated heterocycles. The van der Waals surface area contributed by atoms with Gasteiger partial charge >= 0.3 is 0 Å². The lowest BCUT2D eigenvalue weighted by molar-refractivity contribution is 0.512. The normalized spacial score (nSPS) is 11.8. The number of para-hydroxylation sites is 1. The summed E-state index contributed by atoms with van der Waals surface area (Å²) in [6, 6.07) is 14.0. The Morgan fingerprint density at radius 3 is 2.93 bits per heavy atom. The van der Waals surface area contributed by atoms with Crippen molar-refractivity contribution in [1.82, 2.24) is 25.4 Å². The Morgan fingerprint density at radius 1 is 1.18 bits per heavy atom. The topological polar surface area (TPSA) is 80.3 Å². The molecule has 4 aromatic rings. The molecule has 0 aliphatic heterocycles. The lowest BCUT2D eigenvalue weighted by Gasteiger charge is -2.10. The van der Waals surface area contributed by atoms with E-state index in [4.69, 9.17) is 4.42 Å². The van der Waals surface area contributed by atoms with Crippen LogP contribution in [0.1, 0.15) is 12.2 Å². The highest BCUT2D eigenvalue weighted by Crippen LogP contribution is 2.31. The van der Waals surface area contributed by atoms with Gasteiger partial charge in [0.05, 0.1) is 16.8 Å². The molecule has 0 spiro atoms. The number of aliphatic imine (C=N–C) groups is 1. The molecule has 0 bridgehead atoms. The Kier molecular flexibility index (Phi) is 5.67. The zero-order valence-corrected chi connectivity index (χ0v) is 16.4. The third-order valence-corrected chi connectivity index (χ3v) is 5.29. The molecule has 1 aromatic carbocycles. The van der Waals surface area contributed by atoms with Gasteiger partial charge in [-0.3, -0.25) is 9.67 Å². The second-order valence-electron chi connectivity index (χ2n) is 6.23. The number of aryl methyl sites for hydroxylation is 1. The monoisotopic (exact) mass is 394 g/mol. The summed E-state index contributed by atoms with van der Waals surface area (Å²) in [5.74, 6) is 2.38. The number of nitrogens with one attached hydrogen (secondary N) is 2. The van der Waals surface area contributed by atoms with Crippen LogP contribution in [0.15, 0.2) is 64.3 Å². The van der Waals surface area contributed by atoms with Crippen LogP contribution < -0.4 is 10.6 Å². The summed E-state index contributed by atoms with van der Waals surface area (Å²) in [7, 11) is 1.76. The van der Waals surface area contributed by atoms with E-state index in [-0.39, 0.29) is 0 Å². The minimum absolute atomic E-state index is 0.559. The quantitative estimate of drug-likeness (QED) is 0.285. The fourth-order valence-corrected chi connectivity index (χ4v) is 3.76. The zero-order chi connectivity index (χ0) is 19.2. The zero-order valence-electron chi connectivity index (χ0n) is 15.6. The highest BCUT2D eigenvalue weighted by Gasteiger charge is 2.10. The Balaban J connectivity index is 1.28. The summed E-state index contributed by atoms with van der Waals surface area (Å²) in [5, 5.41) is 11.7. The molecular formula is C20H22N6OS. The number of furan rings is 1. The summed E-state index contributed by atoms with van der Waals surface area (Å²) in [6.07, 6.45) is 4.72. The van der Waals surface area contributed by atoms with Crippen molar-refractivity contribution < 1.29 is 4.42 Å². The summed E-state index contributed by atoms with van der Waals surface area (Å²) in [4.78, 5) is 8.89. The van der Waals surface area contributed by atoms with E-state index in [1.54, 1.807) is 24.6 Å². The summed E-state index contributed by atoms with van der Waals surface area (Å²) in [5.41, 5.74) is 0.998. The van der Waals surface area contributed by atoms with Gasteiger partial charge in [-0.2, -0.15) is 5.10 Å². The Morgan fingerprint density at radius 2 is 2.11 bits per heavy atom. The molecule has 0 amide bonds. The Bertz CT molecular complexity index is 1020. The second kappa shape index (κ2) is 8.71. The van der Waals surface area contributed by atoms with E-state index in [9.17, 15) is 0 Å². The first-order valence-electron chi connectivity index (χ1n) is 9.18. The van der Waals surface area contributed by atoms with Crippen LogP contribution in [0.2, 0.25) is 0 Å². The minimum Gasteiger partial charge on any atom is -0.457 e. The number of nitrogens with zero attached hydrogens (tertiary/aromatic N) is 4. The van der Waals surface area contributed by atoms with Crippen LogP contribution in [0.3, 0.4) is 0 Å². The van der Waals surface area contributed by atoms with Crippen molar-refractivity contribution in [2.45, 2.75) is 19.5 Å². The largest absolute Gasteiger partial charge is 0.457 e. The third kappa shape index (κ3) is 4.40. The molecule has 7 nitrogen and oxygen atoms in total. The van der Waals surface area contributed by atoms with Gasteiger partial charge in [-0.25, -0.2) is 4.98 Å². The van der Waals surface area contributed by atoms with Crippen LogP contribution in [-0.2, 0) is 13.1 Å². The molecule has 0 aliphatic carbocycles. The number of fused-ring (bicyclic) bond motifs is 1. The van der Waals surface area contributed by atoms with Gasteiger partial charge in [0, 0.05) is 32.5 Å². The number of aromatic nitrogens is 3. The third-order valence-electron chi connectivity index (χ3n) is 4.24. The van der Waals surface area contributed by atoms with Crippen molar-refractivity contribution >= 4 is 27.5 Å². The van der Waals surface area contributed by atoms with Gasteiger partial charge in [0.15, 0.2) is 16.7 Å². The van der Waals surface area contributed by atoms with E-state index < -0.39 is 0 Å². The fraction of sp³-hybridized carbons (Fsp3) is 0.250. The maximum absolute atomic E-state index is 5.96. The number of thiazole rings is 1. The van der Waals surface area contributed by atoms with Gasteiger partial charge in [0.1, 0.15) is 5.76 Å². The summed E-state index contributed by atoms with van der Waals surface area (Å²) in [6.45, 7) is 2.25. The SMILES string of the molecule is CN=C(NCCCn1cccn1)NCc1ccc(-c2nc3ccccc3s2)o1. The lowest BCUT2D eigenvalue weighted by atomic mass is 10.3. The molecule has 144 valence electrons. The van der Waals surface area contributed by atoms with Gasteiger partial charge in [-0.1, -0.05) is 12.1 Å². The first-order valence-corrected chi connectivity index (χ1v) is 10.00. The second-order valence-corrected chi connectivity index (χ2v) is 7.26. The standard InChI is InChI=1S/C20H22N6OS/c1-21-20(22-10-4-12-26-13-5-11-24-26)23-14-15-8-9-17(27-15)19-25-16-6-2-3-7-18(16)28-19/h2-3,5-9,11,13H,4,10,12,14H2,1H3,(H2,21,22,23). The van der Waals surface area contributed by atoms with Crippen LogP contribution in [0, 0.1) is 0 Å². The van der Waals surface area contributed by atoms with Gasteiger partial charge < -0.3 is 15.1 Å². The van der Waals surface area contributed by atoms with Gasteiger partial charge in [-0.15, -0.1) is 11.3 Å². The molecule has 8 heteroatoms. The highest BCUT2D eigenvalue weighted by atomic mass is 32.1. The maximum atomic E-state index is 5.96. The maximum Gasteiger partial charge on any atom is 0.191 e. The van der Waals surface area contributed by atoms with Crippen LogP contribution in [0.5, 0.6) is 0 Å². The average molecular weight is 395 g/mol. The van der Waals surface area contributed by atoms with Crippen molar-refractivity contribution in [3.05, 3.63) is 60.6 Å². The first-order chi connectivity index (χ1) is 13.8. The van der Waals surface area contributed by atoms with Gasteiger partial charge in [-0.05, 0) is 36.8 Å². The molecule has 0 unspecified atom stereocenters. The molecule has 0 atom stereocenters. The summed E-state index contributed by atoms with van der Waals surface area (Å²) < 4.78 is 9.04. The lowest BCUT2D eigenvalue weighted by Crippen LogP contribution is -2.37. The smallest absolute Gasteiger partial charge is 0.191 e. The summed E-state index contributed by atoms with van der Waals surface area (Å²) >= 11 is 1.64. The fourth-order valence-electron chi connectivity index (χ4n) is 2.84. The Hall–Kier alpha value is -3.13. The number of hydrogen-bond acceptors (Lipinski definition) is 5. The average Bonchev–Trinajstić information content (AvgIpc) is 3.47. The van der Waals surface area contributed by atoms with E-state index in [0.29, 0.717) is 6.54 Å². The molecule has 0 saturated carbocycles. The molecule has 3 heterocycles. The van der Waals surface area contributed by atoms with Crippen LogP contribution in [0.4, 0.5) is 0 Å². The Labute approximate surface area is 167 Å². The van der Waals surface area contributed by atoms with Crippen molar-refractivity contribution in [2.24, 2.45) is 4.99 Å². The predicted molar refractivity (Wildman–Crippen MR) is 112 cm³/mol. The molecule has 28 heavy (non-hydrogen) atoms. The van der Waals surface area contributed by atoms with Gasteiger partial charge in [0.25, 0.3) is 0 Å². The van der Waals surface area contributed by atoms with E-state index in [0.717, 1.165) is 52.2 Å². The van der Waals surface area contributed by atoms with Crippen molar-refractivity contribution in [3.8, 4) is 10.8 Å². The number of hydrogen-bond donors (Lipinski definition) is 2. The number of guanidine groups is 1. The van der Waals surface area contributed by atoms with Crippen LogP contribution in [-0.4, -0.2) is 34.3 Å². The first kappa shape index (κ1) is 18.2. The van der Waals surface area contributed by atoms with E-state index in [1.165, 1.54) is 0 Å².